The molecule has 5 atom stereocenters. The van der Waals surface area contributed by atoms with Gasteiger partial charge in [-0.25, -0.2) is 0 Å². The van der Waals surface area contributed by atoms with E-state index < -0.39 is 23.4 Å². The van der Waals surface area contributed by atoms with Crippen LogP contribution >= 0.6 is 0 Å². The van der Waals surface area contributed by atoms with Gasteiger partial charge in [0.1, 0.15) is 23.9 Å². The summed E-state index contributed by atoms with van der Waals surface area (Å²) in [6, 6.07) is 8.06. The molecule has 1 aromatic carbocycles. The number of hydrogen-bond acceptors (Lipinski definition) is 7. The Balaban J connectivity index is 1.59. The third kappa shape index (κ3) is 2.88. The van der Waals surface area contributed by atoms with E-state index >= 15 is 0 Å². The Morgan fingerprint density at radius 3 is 2.54 bits per heavy atom. The number of para-hydroxylation sites is 2. The summed E-state index contributed by atoms with van der Waals surface area (Å²) in [7, 11) is 0. The summed E-state index contributed by atoms with van der Waals surface area (Å²) < 4.78 is 30.9. The minimum atomic E-state index is -0.710. The van der Waals surface area contributed by atoms with Gasteiger partial charge in [-0.2, -0.15) is 0 Å². The molecule has 0 aliphatic carbocycles. The highest BCUT2D eigenvalue weighted by Gasteiger charge is 2.67. The van der Waals surface area contributed by atoms with Gasteiger partial charge < -0.3 is 29.0 Å². The van der Waals surface area contributed by atoms with E-state index in [9.17, 15) is 0 Å². The molecule has 4 heterocycles. The highest BCUT2D eigenvalue weighted by molar-refractivity contribution is 5.90. The molecular formula is C21H28N2O5. The molecule has 1 aromatic rings. The van der Waals surface area contributed by atoms with Crippen LogP contribution < -0.4 is 5.32 Å². The second-order valence-corrected chi connectivity index (χ2v) is 9.05. The molecule has 0 amide bonds. The van der Waals surface area contributed by atoms with Gasteiger partial charge in [-0.15, -0.1) is 0 Å². The van der Waals surface area contributed by atoms with Crippen molar-refractivity contribution in [1.82, 2.24) is 0 Å². The molecule has 0 aromatic heterocycles. The third-order valence-electron chi connectivity index (χ3n) is 5.85. The van der Waals surface area contributed by atoms with Gasteiger partial charge in [-0.3, -0.25) is 4.99 Å². The second-order valence-electron chi connectivity index (χ2n) is 9.05. The number of benzene rings is 1. The van der Waals surface area contributed by atoms with Gasteiger partial charge in [0.15, 0.2) is 17.9 Å². The van der Waals surface area contributed by atoms with E-state index in [1.807, 2.05) is 58.9 Å². The average Bonchev–Trinajstić information content (AvgIpc) is 3.15. The first kappa shape index (κ1) is 18.5. The van der Waals surface area contributed by atoms with Crippen LogP contribution in [0.3, 0.4) is 0 Å². The SMILES string of the molecule is CC1=Nc2ccccc2N[C@@]2(C1)[C@H]1OC(C)(C)O[C@@H]1O[C@H]2[C@@H]1COC(C)(C)O1. The Labute approximate surface area is 165 Å². The molecule has 0 radical (unpaired) electrons. The number of ether oxygens (including phenoxy) is 5. The molecule has 7 heteroatoms. The van der Waals surface area contributed by atoms with Gasteiger partial charge in [-0.1, -0.05) is 12.1 Å². The minimum Gasteiger partial charge on any atom is -0.372 e. The van der Waals surface area contributed by atoms with Crippen LogP contribution in [-0.2, 0) is 23.7 Å². The fourth-order valence-electron chi connectivity index (χ4n) is 4.87. The topological polar surface area (TPSA) is 70.5 Å². The largest absolute Gasteiger partial charge is 0.372 e. The molecule has 3 saturated heterocycles. The lowest BCUT2D eigenvalue weighted by Crippen LogP contribution is -2.59. The smallest absolute Gasteiger partial charge is 0.190 e. The molecule has 4 aliphatic heterocycles. The number of rotatable bonds is 1. The molecule has 1 spiro atoms. The summed E-state index contributed by atoms with van der Waals surface area (Å²) in [5, 5.41) is 3.75. The first-order valence-corrected chi connectivity index (χ1v) is 9.92. The van der Waals surface area contributed by atoms with Crippen molar-refractivity contribution in [2.24, 2.45) is 4.99 Å². The molecule has 0 unspecified atom stereocenters. The Kier molecular flexibility index (Phi) is 3.97. The van der Waals surface area contributed by atoms with Gasteiger partial charge in [0.05, 0.1) is 18.0 Å². The van der Waals surface area contributed by atoms with E-state index in [4.69, 9.17) is 28.7 Å². The van der Waals surface area contributed by atoms with E-state index in [1.165, 1.54) is 0 Å². The Morgan fingerprint density at radius 2 is 1.79 bits per heavy atom. The Bertz CT molecular complexity index is 823. The Morgan fingerprint density at radius 1 is 1.00 bits per heavy atom. The minimum absolute atomic E-state index is 0.235. The predicted molar refractivity (Wildman–Crippen MR) is 104 cm³/mol. The number of anilines is 1. The van der Waals surface area contributed by atoms with Gasteiger partial charge >= 0.3 is 0 Å². The van der Waals surface area contributed by atoms with Crippen molar-refractivity contribution in [3.63, 3.8) is 0 Å². The van der Waals surface area contributed by atoms with Crippen molar-refractivity contribution >= 4 is 17.1 Å². The van der Waals surface area contributed by atoms with Crippen LogP contribution in [0.1, 0.15) is 41.0 Å². The first-order chi connectivity index (χ1) is 13.2. The molecule has 0 saturated carbocycles. The maximum Gasteiger partial charge on any atom is 0.190 e. The Hall–Kier alpha value is -1.51. The lowest BCUT2D eigenvalue weighted by atomic mass is 9.80. The van der Waals surface area contributed by atoms with Crippen LogP contribution in [0.25, 0.3) is 0 Å². The van der Waals surface area contributed by atoms with Crippen molar-refractivity contribution in [2.75, 3.05) is 11.9 Å². The van der Waals surface area contributed by atoms with E-state index in [2.05, 4.69) is 5.32 Å². The van der Waals surface area contributed by atoms with Gasteiger partial charge in [0.25, 0.3) is 0 Å². The first-order valence-electron chi connectivity index (χ1n) is 9.92. The van der Waals surface area contributed by atoms with Gasteiger partial charge in [-0.05, 0) is 46.8 Å². The average molecular weight is 388 g/mol. The quantitative estimate of drug-likeness (QED) is 0.796. The molecule has 7 nitrogen and oxygen atoms in total. The van der Waals surface area contributed by atoms with E-state index in [1.54, 1.807) is 0 Å². The summed E-state index contributed by atoms with van der Waals surface area (Å²) in [5.74, 6) is -1.35. The molecule has 5 rings (SSSR count). The summed E-state index contributed by atoms with van der Waals surface area (Å²) in [4.78, 5) is 4.83. The second kappa shape index (κ2) is 6.00. The molecule has 0 bridgehead atoms. The van der Waals surface area contributed by atoms with Crippen LogP contribution in [0.15, 0.2) is 29.3 Å². The van der Waals surface area contributed by atoms with Gasteiger partial charge in [0.2, 0.25) is 0 Å². The van der Waals surface area contributed by atoms with Crippen LogP contribution in [0.4, 0.5) is 11.4 Å². The van der Waals surface area contributed by atoms with Crippen molar-refractivity contribution in [3.05, 3.63) is 24.3 Å². The zero-order chi connectivity index (χ0) is 19.7. The van der Waals surface area contributed by atoms with E-state index in [0.717, 1.165) is 17.1 Å². The summed E-state index contributed by atoms with van der Waals surface area (Å²) in [5.41, 5.74) is 2.31. The van der Waals surface area contributed by atoms with Crippen molar-refractivity contribution in [3.8, 4) is 0 Å². The molecule has 3 fully saturated rings. The monoisotopic (exact) mass is 388 g/mol. The van der Waals surface area contributed by atoms with E-state index in [-0.39, 0.29) is 18.3 Å². The number of aliphatic imine (C=N–C) groups is 1. The van der Waals surface area contributed by atoms with Crippen LogP contribution in [0.2, 0.25) is 0 Å². The number of nitrogens with zero attached hydrogens (tertiary/aromatic N) is 1. The lowest BCUT2D eigenvalue weighted by Gasteiger charge is -2.40. The molecule has 1 N–H and O–H groups in total. The van der Waals surface area contributed by atoms with Crippen molar-refractivity contribution in [2.45, 2.75) is 82.8 Å². The van der Waals surface area contributed by atoms with Crippen LogP contribution in [-0.4, -0.2) is 54.0 Å². The summed E-state index contributed by atoms with van der Waals surface area (Å²) in [6.45, 7) is 10.2. The molecule has 152 valence electrons. The standard InChI is InChI=1S/C21H28N2O5/c1-12-10-21(23-14-9-7-6-8-13(14)22-12)16(15-11-24-19(2,3)26-15)25-18-17(21)27-20(4,5)28-18/h6-9,15-18,23H,10-11H2,1-5H3/t15-,16-,17-,18-,21+/m0/s1. The van der Waals surface area contributed by atoms with Crippen molar-refractivity contribution in [1.29, 1.82) is 0 Å². The number of hydrogen-bond donors (Lipinski definition) is 1. The fraction of sp³-hybridized carbons (Fsp3) is 0.667. The fourth-order valence-corrected chi connectivity index (χ4v) is 4.87. The van der Waals surface area contributed by atoms with Crippen molar-refractivity contribution < 1.29 is 23.7 Å². The van der Waals surface area contributed by atoms with Gasteiger partial charge in [0, 0.05) is 12.1 Å². The number of nitrogens with one attached hydrogen (secondary N) is 1. The molecule has 28 heavy (non-hydrogen) atoms. The predicted octanol–water partition coefficient (Wildman–Crippen LogP) is 3.36. The lowest BCUT2D eigenvalue weighted by molar-refractivity contribution is -0.227. The zero-order valence-corrected chi connectivity index (χ0v) is 17.0. The number of fused-ring (bicyclic) bond motifs is 3. The molecular weight excluding hydrogens is 360 g/mol. The zero-order valence-electron chi connectivity index (χ0n) is 17.0. The summed E-state index contributed by atoms with van der Waals surface area (Å²) in [6.07, 6.45) is -0.653. The molecule has 4 aliphatic rings. The normalized spacial score (nSPS) is 40.5. The highest BCUT2D eigenvalue weighted by atomic mass is 16.8. The highest BCUT2D eigenvalue weighted by Crippen LogP contribution is 2.50. The maximum atomic E-state index is 6.44. The van der Waals surface area contributed by atoms with Crippen LogP contribution in [0.5, 0.6) is 0 Å². The van der Waals surface area contributed by atoms with E-state index in [0.29, 0.717) is 13.0 Å². The third-order valence-corrected chi connectivity index (χ3v) is 5.85. The summed E-state index contributed by atoms with van der Waals surface area (Å²) >= 11 is 0. The maximum absolute atomic E-state index is 6.44. The van der Waals surface area contributed by atoms with Crippen LogP contribution in [0, 0.1) is 0 Å².